The number of allylic oxidation sites excluding steroid dienone is 3. The number of phenols is 2. The van der Waals surface area contributed by atoms with Gasteiger partial charge in [-0.15, -0.1) is 0 Å². The number of hydrogen-bond donors (Lipinski definition) is 2. The highest BCUT2D eigenvalue weighted by Crippen LogP contribution is 2.36. The van der Waals surface area contributed by atoms with Crippen molar-refractivity contribution < 1.29 is 10.2 Å². The minimum Gasteiger partial charge on any atom is -0.504 e. The molecular weight excluding hydrogens is 248 g/mol. The summed E-state index contributed by atoms with van der Waals surface area (Å²) in [4.78, 5) is 0. The van der Waals surface area contributed by atoms with E-state index in [0.29, 0.717) is 0 Å². The fourth-order valence-electron chi connectivity index (χ4n) is 2.35. The Balaban J connectivity index is 2.57. The third kappa shape index (κ3) is 2.75. The molecule has 0 aromatic heterocycles. The highest BCUT2D eigenvalue weighted by Gasteiger charge is 2.17. The van der Waals surface area contributed by atoms with Crippen molar-refractivity contribution in [3.63, 3.8) is 0 Å². The Morgan fingerprint density at radius 2 is 1.70 bits per heavy atom. The minimum absolute atomic E-state index is 0.00907. The standard InChI is InChI=1S/C18H18O2/c1-3-13(4-2)18(14-8-6-5-7-9-14)15-10-11-16(19)17(20)12-15/h3-12,18-20H,1H2,2H3/b13-4+. The second-order valence-electron chi connectivity index (χ2n) is 4.58. The van der Waals surface area contributed by atoms with Crippen molar-refractivity contribution in [1.82, 2.24) is 0 Å². The van der Waals surface area contributed by atoms with Gasteiger partial charge in [0, 0.05) is 5.92 Å². The quantitative estimate of drug-likeness (QED) is 0.637. The summed E-state index contributed by atoms with van der Waals surface area (Å²) in [6.07, 6.45) is 3.83. The Labute approximate surface area is 119 Å². The molecule has 0 fully saturated rings. The molecule has 0 aliphatic carbocycles. The van der Waals surface area contributed by atoms with Crippen molar-refractivity contribution in [3.8, 4) is 11.5 Å². The molecule has 1 atom stereocenters. The summed E-state index contributed by atoms with van der Waals surface area (Å²) in [5, 5.41) is 19.2. The molecule has 102 valence electrons. The van der Waals surface area contributed by atoms with Gasteiger partial charge in [-0.3, -0.25) is 0 Å². The first-order valence-electron chi connectivity index (χ1n) is 6.52. The van der Waals surface area contributed by atoms with E-state index in [1.807, 2.05) is 55.5 Å². The van der Waals surface area contributed by atoms with Crippen molar-refractivity contribution >= 4 is 0 Å². The molecule has 2 heteroatoms. The molecule has 2 aromatic carbocycles. The van der Waals surface area contributed by atoms with Crippen LogP contribution in [0, 0.1) is 0 Å². The summed E-state index contributed by atoms with van der Waals surface area (Å²) in [5.41, 5.74) is 3.09. The van der Waals surface area contributed by atoms with E-state index in [9.17, 15) is 10.2 Å². The number of hydrogen-bond acceptors (Lipinski definition) is 2. The van der Waals surface area contributed by atoms with Crippen LogP contribution in [0.3, 0.4) is 0 Å². The normalized spacial score (nSPS) is 12.9. The molecule has 0 spiro atoms. The maximum atomic E-state index is 9.73. The Bertz CT molecular complexity index is 627. The van der Waals surface area contributed by atoms with E-state index >= 15 is 0 Å². The fourth-order valence-corrected chi connectivity index (χ4v) is 2.35. The molecule has 1 unspecified atom stereocenters. The van der Waals surface area contributed by atoms with Gasteiger partial charge in [0.05, 0.1) is 0 Å². The highest BCUT2D eigenvalue weighted by molar-refractivity contribution is 5.49. The summed E-state index contributed by atoms with van der Waals surface area (Å²) < 4.78 is 0. The largest absolute Gasteiger partial charge is 0.504 e. The van der Waals surface area contributed by atoms with Crippen LogP contribution in [-0.4, -0.2) is 10.2 Å². The van der Waals surface area contributed by atoms with E-state index in [2.05, 4.69) is 6.58 Å². The lowest BCUT2D eigenvalue weighted by Gasteiger charge is -2.20. The first-order valence-corrected chi connectivity index (χ1v) is 6.52. The summed E-state index contributed by atoms with van der Waals surface area (Å²) in [5.74, 6) is -0.227. The van der Waals surface area contributed by atoms with Gasteiger partial charge in [-0.25, -0.2) is 0 Å². The van der Waals surface area contributed by atoms with Crippen molar-refractivity contribution in [2.45, 2.75) is 12.8 Å². The van der Waals surface area contributed by atoms with Gasteiger partial charge in [0.15, 0.2) is 11.5 Å². The zero-order valence-corrected chi connectivity index (χ0v) is 11.5. The fraction of sp³-hybridized carbons (Fsp3) is 0.111. The van der Waals surface area contributed by atoms with Crippen LogP contribution in [0.4, 0.5) is 0 Å². The summed E-state index contributed by atoms with van der Waals surface area (Å²) in [6, 6.07) is 15.0. The smallest absolute Gasteiger partial charge is 0.157 e. The number of aromatic hydroxyl groups is 2. The second-order valence-corrected chi connectivity index (χ2v) is 4.58. The van der Waals surface area contributed by atoms with E-state index in [1.54, 1.807) is 6.07 Å². The Morgan fingerprint density at radius 1 is 1.00 bits per heavy atom. The third-order valence-electron chi connectivity index (χ3n) is 3.37. The summed E-state index contributed by atoms with van der Waals surface area (Å²) >= 11 is 0. The van der Waals surface area contributed by atoms with Gasteiger partial charge in [0.25, 0.3) is 0 Å². The molecule has 2 nitrogen and oxygen atoms in total. The molecule has 20 heavy (non-hydrogen) atoms. The highest BCUT2D eigenvalue weighted by atomic mass is 16.3. The second kappa shape index (κ2) is 6.11. The number of rotatable bonds is 4. The van der Waals surface area contributed by atoms with E-state index in [-0.39, 0.29) is 17.4 Å². The van der Waals surface area contributed by atoms with Crippen LogP contribution in [0.5, 0.6) is 11.5 Å². The Hall–Kier alpha value is -2.48. The van der Waals surface area contributed by atoms with Gasteiger partial charge >= 0.3 is 0 Å². The number of benzene rings is 2. The lowest BCUT2D eigenvalue weighted by Crippen LogP contribution is -2.03. The van der Waals surface area contributed by atoms with Crippen molar-refractivity contribution in [3.05, 3.63) is 84.0 Å². The molecular formula is C18H18O2. The predicted molar refractivity (Wildman–Crippen MR) is 82.0 cm³/mol. The van der Waals surface area contributed by atoms with Crippen LogP contribution in [-0.2, 0) is 0 Å². The maximum Gasteiger partial charge on any atom is 0.157 e. The first kappa shape index (κ1) is 13.9. The Kier molecular flexibility index (Phi) is 4.26. The molecule has 0 saturated heterocycles. The third-order valence-corrected chi connectivity index (χ3v) is 3.37. The molecule has 0 radical (unpaired) electrons. The molecule has 0 amide bonds. The van der Waals surface area contributed by atoms with Crippen LogP contribution >= 0.6 is 0 Å². The van der Waals surface area contributed by atoms with Crippen LogP contribution in [0.15, 0.2) is 72.8 Å². The van der Waals surface area contributed by atoms with E-state index in [4.69, 9.17) is 0 Å². The zero-order chi connectivity index (χ0) is 14.5. The van der Waals surface area contributed by atoms with Crippen molar-refractivity contribution in [2.24, 2.45) is 0 Å². The van der Waals surface area contributed by atoms with Crippen molar-refractivity contribution in [2.75, 3.05) is 0 Å². The lowest BCUT2D eigenvalue weighted by atomic mass is 9.84. The van der Waals surface area contributed by atoms with Crippen LogP contribution < -0.4 is 0 Å². The van der Waals surface area contributed by atoms with Gasteiger partial charge in [-0.2, -0.15) is 0 Å². The average molecular weight is 266 g/mol. The minimum atomic E-state index is -0.110. The van der Waals surface area contributed by atoms with Crippen molar-refractivity contribution in [1.29, 1.82) is 0 Å². The Morgan fingerprint density at radius 3 is 2.25 bits per heavy atom. The molecule has 0 aliphatic rings. The van der Waals surface area contributed by atoms with E-state index < -0.39 is 0 Å². The van der Waals surface area contributed by atoms with Crippen LogP contribution in [0.25, 0.3) is 0 Å². The average Bonchev–Trinajstić information content (AvgIpc) is 2.48. The van der Waals surface area contributed by atoms with Crippen LogP contribution in [0.1, 0.15) is 24.0 Å². The SMILES string of the molecule is C=C/C(=C\C)C(c1ccccc1)c1ccc(O)c(O)c1. The van der Waals surface area contributed by atoms with Crippen LogP contribution in [0.2, 0.25) is 0 Å². The van der Waals surface area contributed by atoms with Gasteiger partial charge < -0.3 is 10.2 Å². The topological polar surface area (TPSA) is 40.5 Å². The van der Waals surface area contributed by atoms with E-state index in [1.165, 1.54) is 6.07 Å². The zero-order valence-electron chi connectivity index (χ0n) is 11.5. The summed E-state index contributed by atoms with van der Waals surface area (Å²) in [7, 11) is 0. The first-order chi connectivity index (χ1) is 9.67. The maximum absolute atomic E-state index is 9.73. The molecule has 2 N–H and O–H groups in total. The molecule has 0 saturated carbocycles. The van der Waals surface area contributed by atoms with E-state index in [0.717, 1.165) is 16.7 Å². The predicted octanol–water partition coefficient (Wildman–Crippen LogP) is 4.36. The monoisotopic (exact) mass is 266 g/mol. The number of phenolic OH excluding ortho intramolecular Hbond substituents is 2. The molecule has 0 aliphatic heterocycles. The van der Waals surface area contributed by atoms with Gasteiger partial charge in [0.1, 0.15) is 0 Å². The van der Waals surface area contributed by atoms with Gasteiger partial charge in [0.2, 0.25) is 0 Å². The molecule has 2 aromatic rings. The molecule has 0 bridgehead atoms. The van der Waals surface area contributed by atoms with Gasteiger partial charge in [-0.05, 0) is 35.8 Å². The van der Waals surface area contributed by atoms with Gasteiger partial charge in [-0.1, -0.05) is 55.1 Å². The molecule has 2 rings (SSSR count). The summed E-state index contributed by atoms with van der Waals surface area (Å²) in [6.45, 7) is 5.83. The lowest BCUT2D eigenvalue weighted by molar-refractivity contribution is 0.403. The molecule has 0 heterocycles.